The van der Waals surface area contributed by atoms with E-state index in [1.165, 1.54) is 54.8 Å². The zero-order valence-electron chi connectivity index (χ0n) is 14.7. The lowest BCUT2D eigenvalue weighted by Gasteiger charge is -2.11. The van der Waals surface area contributed by atoms with Crippen molar-refractivity contribution in [2.45, 2.75) is 0 Å². The molecular formula is C19H14N4O6. The van der Waals surface area contributed by atoms with Gasteiger partial charge in [-0.05, 0) is 36.4 Å². The molecule has 3 N–H and O–H groups in total. The Morgan fingerprint density at radius 3 is 2.17 bits per heavy atom. The molecule has 1 aromatic heterocycles. The van der Waals surface area contributed by atoms with Crippen molar-refractivity contribution >= 4 is 29.1 Å². The SMILES string of the molecule is O=C(Nc1ccccc1C(=O)NNC(=O)c1ccco1)c1ccc([N+](=O)[O-])cc1. The number of hydrazine groups is 1. The van der Waals surface area contributed by atoms with Crippen LogP contribution in [-0.4, -0.2) is 22.6 Å². The Bertz CT molecular complexity index is 1060. The fraction of sp³-hybridized carbons (Fsp3) is 0. The second kappa shape index (κ2) is 8.48. The Hall–Kier alpha value is -4.47. The number of carbonyl (C=O) groups is 3. The van der Waals surface area contributed by atoms with E-state index in [9.17, 15) is 24.5 Å². The number of hydrogen-bond donors (Lipinski definition) is 3. The number of nitro benzene ring substituents is 1. The molecule has 1 heterocycles. The highest BCUT2D eigenvalue weighted by Gasteiger charge is 2.16. The van der Waals surface area contributed by atoms with Gasteiger partial charge in [-0.1, -0.05) is 12.1 Å². The Balaban J connectivity index is 1.69. The predicted molar refractivity (Wildman–Crippen MR) is 101 cm³/mol. The number of amides is 3. The minimum Gasteiger partial charge on any atom is -0.459 e. The molecule has 2 aromatic carbocycles. The lowest BCUT2D eigenvalue weighted by Crippen LogP contribution is -2.41. The van der Waals surface area contributed by atoms with E-state index in [4.69, 9.17) is 4.42 Å². The minimum atomic E-state index is -0.662. The molecule has 0 aliphatic heterocycles. The molecule has 29 heavy (non-hydrogen) atoms. The maximum atomic E-state index is 12.4. The van der Waals surface area contributed by atoms with Gasteiger partial charge in [0.2, 0.25) is 0 Å². The van der Waals surface area contributed by atoms with Crippen LogP contribution in [0, 0.1) is 10.1 Å². The van der Waals surface area contributed by atoms with E-state index in [2.05, 4.69) is 16.2 Å². The first-order valence-corrected chi connectivity index (χ1v) is 8.25. The van der Waals surface area contributed by atoms with Crippen LogP contribution >= 0.6 is 0 Å². The third kappa shape index (κ3) is 4.63. The summed E-state index contributed by atoms with van der Waals surface area (Å²) < 4.78 is 4.92. The number of para-hydroxylation sites is 1. The van der Waals surface area contributed by atoms with Gasteiger partial charge in [0.15, 0.2) is 5.76 Å². The number of anilines is 1. The van der Waals surface area contributed by atoms with Crippen molar-refractivity contribution in [3.63, 3.8) is 0 Å². The first-order valence-electron chi connectivity index (χ1n) is 8.25. The summed E-state index contributed by atoms with van der Waals surface area (Å²) in [7, 11) is 0. The first-order chi connectivity index (χ1) is 14.0. The Kier molecular flexibility index (Phi) is 5.64. The third-order valence-corrected chi connectivity index (χ3v) is 3.79. The topological polar surface area (TPSA) is 144 Å². The van der Waals surface area contributed by atoms with Crippen molar-refractivity contribution in [3.8, 4) is 0 Å². The number of nitrogens with one attached hydrogen (secondary N) is 3. The second-order valence-corrected chi connectivity index (χ2v) is 5.69. The van der Waals surface area contributed by atoms with Crippen LogP contribution in [0.4, 0.5) is 11.4 Å². The van der Waals surface area contributed by atoms with Crippen LogP contribution in [0.3, 0.4) is 0 Å². The summed E-state index contributed by atoms with van der Waals surface area (Å²) in [6.45, 7) is 0. The zero-order chi connectivity index (χ0) is 20.8. The third-order valence-electron chi connectivity index (χ3n) is 3.79. The summed E-state index contributed by atoms with van der Waals surface area (Å²) in [6.07, 6.45) is 1.32. The Morgan fingerprint density at radius 1 is 0.828 bits per heavy atom. The monoisotopic (exact) mass is 394 g/mol. The minimum absolute atomic E-state index is 0.0186. The number of nitro groups is 1. The van der Waals surface area contributed by atoms with Gasteiger partial charge < -0.3 is 9.73 Å². The van der Waals surface area contributed by atoms with Crippen LogP contribution in [0.15, 0.2) is 71.3 Å². The second-order valence-electron chi connectivity index (χ2n) is 5.69. The fourth-order valence-corrected chi connectivity index (χ4v) is 2.37. The van der Waals surface area contributed by atoms with Crippen LogP contribution in [0.2, 0.25) is 0 Å². The normalized spacial score (nSPS) is 10.1. The molecule has 10 heteroatoms. The average Bonchev–Trinajstić information content (AvgIpc) is 3.27. The molecule has 0 bridgehead atoms. The lowest BCUT2D eigenvalue weighted by molar-refractivity contribution is -0.384. The maximum Gasteiger partial charge on any atom is 0.305 e. The molecule has 3 aromatic rings. The molecule has 0 radical (unpaired) electrons. The molecule has 0 atom stereocenters. The number of rotatable bonds is 5. The Morgan fingerprint density at radius 2 is 1.52 bits per heavy atom. The maximum absolute atomic E-state index is 12.4. The van der Waals surface area contributed by atoms with Gasteiger partial charge in [-0.25, -0.2) is 0 Å². The van der Waals surface area contributed by atoms with Crippen LogP contribution in [0.1, 0.15) is 31.3 Å². The number of nitrogens with zero attached hydrogens (tertiary/aromatic N) is 1. The van der Waals surface area contributed by atoms with E-state index in [0.29, 0.717) is 0 Å². The van der Waals surface area contributed by atoms with Gasteiger partial charge in [0.25, 0.3) is 17.5 Å². The number of benzene rings is 2. The summed E-state index contributed by atoms with van der Waals surface area (Å²) in [6, 6.07) is 14.1. The summed E-state index contributed by atoms with van der Waals surface area (Å²) >= 11 is 0. The van der Waals surface area contributed by atoms with E-state index >= 15 is 0 Å². The van der Waals surface area contributed by atoms with Gasteiger partial charge in [0.05, 0.1) is 22.4 Å². The van der Waals surface area contributed by atoms with Crippen molar-refractivity contribution < 1.29 is 23.7 Å². The van der Waals surface area contributed by atoms with Crippen LogP contribution in [-0.2, 0) is 0 Å². The van der Waals surface area contributed by atoms with E-state index in [-0.39, 0.29) is 28.3 Å². The quantitative estimate of drug-likeness (QED) is 0.448. The highest BCUT2D eigenvalue weighted by molar-refractivity contribution is 6.09. The van der Waals surface area contributed by atoms with Crippen molar-refractivity contribution in [1.29, 1.82) is 0 Å². The van der Waals surface area contributed by atoms with Crippen LogP contribution in [0.25, 0.3) is 0 Å². The molecule has 3 amide bonds. The number of furan rings is 1. The molecule has 0 unspecified atom stereocenters. The highest BCUT2D eigenvalue weighted by atomic mass is 16.6. The fourth-order valence-electron chi connectivity index (χ4n) is 2.37. The van der Waals surface area contributed by atoms with E-state index < -0.39 is 22.6 Å². The molecule has 10 nitrogen and oxygen atoms in total. The molecule has 0 spiro atoms. The van der Waals surface area contributed by atoms with Crippen molar-refractivity contribution in [1.82, 2.24) is 10.9 Å². The van der Waals surface area contributed by atoms with Crippen molar-refractivity contribution in [2.75, 3.05) is 5.32 Å². The zero-order valence-corrected chi connectivity index (χ0v) is 14.7. The Labute approximate surface area is 163 Å². The summed E-state index contributed by atoms with van der Waals surface area (Å²) in [5.74, 6) is -1.84. The summed E-state index contributed by atoms with van der Waals surface area (Å²) in [5, 5.41) is 13.3. The van der Waals surface area contributed by atoms with Gasteiger partial charge in [-0.15, -0.1) is 0 Å². The molecule has 0 aliphatic carbocycles. The molecule has 146 valence electrons. The molecule has 0 fully saturated rings. The lowest BCUT2D eigenvalue weighted by atomic mass is 10.1. The average molecular weight is 394 g/mol. The van der Waals surface area contributed by atoms with Gasteiger partial charge in [-0.3, -0.25) is 35.3 Å². The molecule has 0 saturated heterocycles. The molecule has 0 aliphatic rings. The van der Waals surface area contributed by atoms with Crippen molar-refractivity contribution in [2.24, 2.45) is 0 Å². The van der Waals surface area contributed by atoms with Gasteiger partial charge in [-0.2, -0.15) is 0 Å². The summed E-state index contributed by atoms with van der Waals surface area (Å²) in [5.41, 5.74) is 4.77. The van der Waals surface area contributed by atoms with E-state index in [1.807, 2.05) is 0 Å². The van der Waals surface area contributed by atoms with Gasteiger partial charge in [0, 0.05) is 17.7 Å². The molecular weight excluding hydrogens is 380 g/mol. The largest absolute Gasteiger partial charge is 0.459 e. The van der Waals surface area contributed by atoms with E-state index in [0.717, 1.165) is 0 Å². The van der Waals surface area contributed by atoms with E-state index in [1.54, 1.807) is 12.1 Å². The van der Waals surface area contributed by atoms with Crippen LogP contribution < -0.4 is 16.2 Å². The first kappa shape index (κ1) is 19.3. The van der Waals surface area contributed by atoms with Crippen molar-refractivity contribution in [3.05, 3.63) is 93.9 Å². The predicted octanol–water partition coefficient (Wildman–Crippen LogP) is 2.51. The number of carbonyl (C=O) groups excluding carboxylic acids is 3. The summed E-state index contributed by atoms with van der Waals surface area (Å²) in [4.78, 5) is 46.7. The standard InChI is InChI=1S/C19H14N4O6/c24-17(12-7-9-13(10-8-12)23(27)28)20-15-5-2-1-4-14(15)18(25)21-22-19(26)16-6-3-11-29-16/h1-11H,(H,20,24)(H,21,25)(H,22,26). The van der Waals surface area contributed by atoms with Gasteiger partial charge in [0.1, 0.15) is 0 Å². The van der Waals surface area contributed by atoms with Gasteiger partial charge >= 0.3 is 5.91 Å². The highest BCUT2D eigenvalue weighted by Crippen LogP contribution is 2.17. The molecule has 0 saturated carbocycles. The number of hydrogen-bond acceptors (Lipinski definition) is 6. The molecule has 3 rings (SSSR count). The number of non-ortho nitro benzene ring substituents is 1. The smallest absolute Gasteiger partial charge is 0.305 e. The van der Waals surface area contributed by atoms with Crippen LogP contribution in [0.5, 0.6) is 0 Å².